The number of hydrogen-bond acceptors (Lipinski definition) is 1. The average molecular weight is 320 g/mol. The van der Waals surface area contributed by atoms with Crippen LogP contribution in [0.3, 0.4) is 0 Å². The summed E-state index contributed by atoms with van der Waals surface area (Å²) < 4.78 is 0. The van der Waals surface area contributed by atoms with E-state index >= 15 is 0 Å². The third kappa shape index (κ3) is 3.11. The minimum Gasteiger partial charge on any atom is -0.313 e. The molecule has 2 aromatic carbocycles. The molecular formula is C18H19Cl2N. The Morgan fingerprint density at radius 1 is 1.14 bits per heavy atom. The molecule has 3 rings (SSSR count). The Balaban J connectivity index is 1.78. The molecule has 110 valence electrons. The summed E-state index contributed by atoms with van der Waals surface area (Å²) >= 11 is 12.1. The fraction of sp³-hybridized carbons (Fsp3) is 0.333. The lowest BCUT2D eigenvalue weighted by atomic mass is 9.72. The number of nitrogens with one attached hydrogen (secondary N) is 1. The zero-order chi connectivity index (χ0) is 14.8. The number of likely N-dealkylation sites (N-methyl/N-ethyl adjacent to an activating group) is 1. The first kappa shape index (κ1) is 14.9. The highest BCUT2D eigenvalue weighted by Gasteiger charge is 2.32. The predicted molar refractivity (Wildman–Crippen MR) is 90.5 cm³/mol. The normalized spacial score (nSPS) is 18.0. The summed E-state index contributed by atoms with van der Waals surface area (Å²) in [5, 5.41) is 4.89. The van der Waals surface area contributed by atoms with Crippen molar-refractivity contribution in [2.75, 3.05) is 6.54 Å². The van der Waals surface area contributed by atoms with Crippen molar-refractivity contribution in [1.82, 2.24) is 5.32 Å². The van der Waals surface area contributed by atoms with Crippen LogP contribution in [0.4, 0.5) is 0 Å². The van der Waals surface area contributed by atoms with E-state index in [0.29, 0.717) is 22.0 Å². The molecule has 1 nitrogen and oxygen atoms in total. The Morgan fingerprint density at radius 2 is 1.95 bits per heavy atom. The van der Waals surface area contributed by atoms with Crippen molar-refractivity contribution >= 4 is 23.2 Å². The first-order valence-electron chi connectivity index (χ1n) is 7.44. The van der Waals surface area contributed by atoms with Gasteiger partial charge in [-0.15, -0.1) is 0 Å². The summed E-state index contributed by atoms with van der Waals surface area (Å²) in [6.45, 7) is 3.14. The molecule has 0 radical (unpaired) electrons. The second kappa shape index (κ2) is 6.39. The van der Waals surface area contributed by atoms with Gasteiger partial charge in [-0.05, 0) is 48.2 Å². The van der Waals surface area contributed by atoms with Gasteiger partial charge in [0.1, 0.15) is 0 Å². The number of fused-ring (bicyclic) bond motifs is 1. The van der Waals surface area contributed by atoms with Crippen LogP contribution < -0.4 is 5.32 Å². The van der Waals surface area contributed by atoms with Gasteiger partial charge in [0.25, 0.3) is 0 Å². The second-order valence-electron chi connectivity index (χ2n) is 5.63. The van der Waals surface area contributed by atoms with Crippen LogP contribution in [0.5, 0.6) is 0 Å². The molecule has 1 aliphatic carbocycles. The van der Waals surface area contributed by atoms with Crippen LogP contribution in [0.25, 0.3) is 0 Å². The Hall–Kier alpha value is -1.02. The van der Waals surface area contributed by atoms with Crippen LogP contribution in [-0.4, -0.2) is 12.6 Å². The molecule has 0 amide bonds. The molecule has 0 bridgehead atoms. The first-order chi connectivity index (χ1) is 10.2. The summed E-state index contributed by atoms with van der Waals surface area (Å²) in [4.78, 5) is 0. The summed E-state index contributed by atoms with van der Waals surface area (Å²) in [5.74, 6) is 0.593. The first-order valence-corrected chi connectivity index (χ1v) is 8.19. The second-order valence-corrected chi connectivity index (χ2v) is 6.44. The maximum absolute atomic E-state index is 6.13. The summed E-state index contributed by atoms with van der Waals surface area (Å²) in [6.07, 6.45) is 2.14. The van der Waals surface area contributed by atoms with Crippen LogP contribution in [0.1, 0.15) is 29.5 Å². The van der Waals surface area contributed by atoms with Crippen LogP contribution in [0, 0.1) is 0 Å². The van der Waals surface area contributed by atoms with Crippen molar-refractivity contribution in [3.8, 4) is 0 Å². The van der Waals surface area contributed by atoms with Crippen LogP contribution >= 0.6 is 23.2 Å². The van der Waals surface area contributed by atoms with Gasteiger partial charge in [0, 0.05) is 12.0 Å². The van der Waals surface area contributed by atoms with Crippen LogP contribution in [0.15, 0.2) is 42.5 Å². The molecule has 2 aromatic rings. The fourth-order valence-electron chi connectivity index (χ4n) is 3.20. The Bertz CT molecular complexity index is 639. The quantitative estimate of drug-likeness (QED) is 0.830. The van der Waals surface area contributed by atoms with Gasteiger partial charge in [-0.3, -0.25) is 0 Å². The third-order valence-electron chi connectivity index (χ3n) is 4.29. The van der Waals surface area contributed by atoms with Gasteiger partial charge in [0.15, 0.2) is 0 Å². The molecule has 0 saturated heterocycles. The van der Waals surface area contributed by atoms with E-state index in [9.17, 15) is 0 Å². The fourth-order valence-corrected chi connectivity index (χ4v) is 3.52. The topological polar surface area (TPSA) is 12.0 Å². The van der Waals surface area contributed by atoms with Gasteiger partial charge in [0.2, 0.25) is 0 Å². The monoisotopic (exact) mass is 319 g/mol. The zero-order valence-electron chi connectivity index (χ0n) is 12.1. The van der Waals surface area contributed by atoms with Crippen molar-refractivity contribution in [2.45, 2.75) is 31.7 Å². The van der Waals surface area contributed by atoms with E-state index in [1.54, 1.807) is 0 Å². The molecule has 0 fully saturated rings. The molecule has 1 aliphatic rings. The smallest absolute Gasteiger partial charge is 0.0595 e. The summed E-state index contributed by atoms with van der Waals surface area (Å²) in [6, 6.07) is 15.1. The number of rotatable bonds is 5. The van der Waals surface area contributed by atoms with E-state index in [1.807, 2.05) is 12.1 Å². The highest BCUT2D eigenvalue weighted by atomic mass is 35.5. The standard InChI is InChI=1S/C18H19Cl2N/c1-2-21-18(10-12-7-8-16(19)17(20)9-12)15-11-13-5-3-4-6-14(13)15/h3-9,15,18,21H,2,10-11H2,1H3. The minimum absolute atomic E-state index is 0.446. The molecule has 1 N–H and O–H groups in total. The van der Waals surface area contributed by atoms with Gasteiger partial charge in [-0.1, -0.05) is 60.5 Å². The molecule has 0 aliphatic heterocycles. The molecule has 0 spiro atoms. The maximum atomic E-state index is 6.13. The van der Waals surface area contributed by atoms with E-state index in [1.165, 1.54) is 16.7 Å². The van der Waals surface area contributed by atoms with Gasteiger partial charge in [-0.25, -0.2) is 0 Å². The molecule has 0 aromatic heterocycles. The van der Waals surface area contributed by atoms with E-state index in [0.717, 1.165) is 19.4 Å². The SMILES string of the molecule is CCNC(Cc1ccc(Cl)c(Cl)c1)C1Cc2ccccc21. The molecular weight excluding hydrogens is 301 g/mol. The van der Waals surface area contributed by atoms with Gasteiger partial charge < -0.3 is 5.32 Å². The molecule has 2 unspecified atom stereocenters. The van der Waals surface area contributed by atoms with Gasteiger partial charge in [0.05, 0.1) is 10.0 Å². The minimum atomic E-state index is 0.446. The highest BCUT2D eigenvalue weighted by molar-refractivity contribution is 6.42. The van der Waals surface area contributed by atoms with Crippen molar-refractivity contribution in [3.63, 3.8) is 0 Å². The van der Waals surface area contributed by atoms with Crippen molar-refractivity contribution in [1.29, 1.82) is 0 Å². The predicted octanol–water partition coefficient (Wildman–Crippen LogP) is 4.85. The largest absolute Gasteiger partial charge is 0.313 e. The van der Waals surface area contributed by atoms with E-state index in [-0.39, 0.29) is 0 Å². The maximum Gasteiger partial charge on any atom is 0.0595 e. The number of benzene rings is 2. The lowest BCUT2D eigenvalue weighted by Crippen LogP contribution is -2.41. The van der Waals surface area contributed by atoms with Crippen LogP contribution in [0.2, 0.25) is 10.0 Å². The lowest BCUT2D eigenvalue weighted by molar-refractivity contribution is 0.405. The average Bonchev–Trinajstić information content (AvgIpc) is 2.44. The molecule has 21 heavy (non-hydrogen) atoms. The molecule has 3 heteroatoms. The van der Waals surface area contributed by atoms with E-state index in [4.69, 9.17) is 23.2 Å². The van der Waals surface area contributed by atoms with Gasteiger partial charge >= 0.3 is 0 Å². The molecule has 0 saturated carbocycles. The van der Waals surface area contributed by atoms with Gasteiger partial charge in [-0.2, -0.15) is 0 Å². The Kier molecular flexibility index (Phi) is 4.54. The number of hydrogen-bond donors (Lipinski definition) is 1. The number of halogens is 2. The van der Waals surface area contributed by atoms with Crippen molar-refractivity contribution < 1.29 is 0 Å². The summed E-state index contributed by atoms with van der Waals surface area (Å²) in [7, 11) is 0. The third-order valence-corrected chi connectivity index (χ3v) is 5.03. The van der Waals surface area contributed by atoms with E-state index in [2.05, 4.69) is 42.6 Å². The van der Waals surface area contributed by atoms with Crippen molar-refractivity contribution in [2.24, 2.45) is 0 Å². The molecule has 2 atom stereocenters. The summed E-state index contributed by atoms with van der Waals surface area (Å²) in [5.41, 5.74) is 4.21. The zero-order valence-corrected chi connectivity index (χ0v) is 13.6. The molecule has 0 heterocycles. The van der Waals surface area contributed by atoms with Crippen LogP contribution in [-0.2, 0) is 12.8 Å². The Labute approximate surface area is 136 Å². The lowest BCUT2D eigenvalue weighted by Gasteiger charge is -2.37. The van der Waals surface area contributed by atoms with E-state index < -0.39 is 0 Å². The Morgan fingerprint density at radius 3 is 2.67 bits per heavy atom. The highest BCUT2D eigenvalue weighted by Crippen LogP contribution is 2.38. The van der Waals surface area contributed by atoms with Crippen molar-refractivity contribution in [3.05, 3.63) is 69.2 Å².